The zero-order chi connectivity index (χ0) is 16.8. The molecule has 0 fully saturated rings. The average Bonchev–Trinajstić information content (AvgIpc) is 2.55. The maximum absolute atomic E-state index is 13.1. The highest BCUT2D eigenvalue weighted by Gasteiger charge is 2.31. The van der Waals surface area contributed by atoms with Crippen LogP contribution in [0, 0.1) is 5.82 Å². The molecule has 0 heterocycles. The number of likely N-dealkylation sites (N-methyl/N-ethyl adjacent to an activating group) is 1. The van der Waals surface area contributed by atoms with Crippen LogP contribution in [0.25, 0.3) is 0 Å². The Morgan fingerprint density at radius 2 is 1.65 bits per heavy atom. The van der Waals surface area contributed by atoms with E-state index in [1.807, 2.05) is 6.07 Å². The first-order valence-electron chi connectivity index (χ1n) is 7.22. The molecule has 0 aromatic heterocycles. The van der Waals surface area contributed by atoms with Crippen molar-refractivity contribution in [2.75, 3.05) is 7.05 Å². The number of Topliss-reactive ketones (excluding diaryl/α,β-unsaturated/α-hetero) is 1. The number of nitrogens with one attached hydrogen (secondary N) is 1. The predicted octanol–water partition coefficient (Wildman–Crippen LogP) is 2.90. The lowest BCUT2D eigenvalue weighted by Gasteiger charge is -2.26. The Morgan fingerprint density at radius 1 is 1.04 bits per heavy atom. The van der Waals surface area contributed by atoms with Crippen LogP contribution in [0.5, 0.6) is 0 Å². The van der Waals surface area contributed by atoms with Crippen molar-refractivity contribution in [1.82, 2.24) is 5.32 Å². The zero-order valence-electron chi connectivity index (χ0n) is 13.0. The van der Waals surface area contributed by atoms with Gasteiger partial charge in [0.05, 0.1) is 0 Å². The van der Waals surface area contributed by atoms with Gasteiger partial charge < -0.3 is 10.1 Å². The van der Waals surface area contributed by atoms with E-state index in [0.29, 0.717) is 11.1 Å². The van der Waals surface area contributed by atoms with Gasteiger partial charge in [-0.3, -0.25) is 9.59 Å². The summed E-state index contributed by atoms with van der Waals surface area (Å²) in [6.45, 7) is 1.27. The second-order valence-corrected chi connectivity index (χ2v) is 5.08. The molecule has 0 amide bonds. The first-order valence-corrected chi connectivity index (χ1v) is 7.22. The van der Waals surface area contributed by atoms with Gasteiger partial charge in [-0.1, -0.05) is 42.5 Å². The van der Waals surface area contributed by atoms with Crippen molar-refractivity contribution >= 4 is 11.8 Å². The highest BCUT2D eigenvalue weighted by Crippen LogP contribution is 2.24. The average molecular weight is 315 g/mol. The summed E-state index contributed by atoms with van der Waals surface area (Å²) in [5, 5.41) is 2.90. The molecule has 0 aliphatic rings. The fourth-order valence-corrected chi connectivity index (χ4v) is 2.36. The second-order valence-electron chi connectivity index (χ2n) is 5.08. The number of carbonyl (C=O) groups excluding carboxylic acids is 2. The lowest BCUT2D eigenvalue weighted by molar-refractivity contribution is -0.147. The number of benzene rings is 2. The molecule has 0 aliphatic carbocycles. The molecule has 2 rings (SSSR count). The van der Waals surface area contributed by atoms with E-state index < -0.39 is 23.9 Å². The molecule has 120 valence electrons. The van der Waals surface area contributed by atoms with Crippen LogP contribution in [0.3, 0.4) is 0 Å². The van der Waals surface area contributed by atoms with Gasteiger partial charge in [0.25, 0.3) is 0 Å². The van der Waals surface area contributed by atoms with E-state index in [4.69, 9.17) is 4.74 Å². The third-order valence-electron chi connectivity index (χ3n) is 3.45. The van der Waals surface area contributed by atoms with E-state index in [2.05, 4.69) is 5.32 Å². The maximum Gasteiger partial charge on any atom is 0.303 e. The topological polar surface area (TPSA) is 55.4 Å². The predicted molar refractivity (Wildman–Crippen MR) is 84.5 cm³/mol. The van der Waals surface area contributed by atoms with Crippen LogP contribution in [-0.2, 0) is 9.53 Å². The monoisotopic (exact) mass is 315 g/mol. The summed E-state index contributed by atoms with van der Waals surface area (Å²) in [5.41, 5.74) is 1.05. The standard InChI is InChI=1S/C18H18FNO3/c1-12(21)23-18(14-8-10-15(19)11-9-14)16(20-2)17(22)13-6-4-3-5-7-13/h3-11,16,18,20H,1-2H3/t16-,18+/m0/s1. The van der Waals surface area contributed by atoms with Crippen molar-refractivity contribution in [3.8, 4) is 0 Å². The summed E-state index contributed by atoms with van der Waals surface area (Å²) in [6, 6.07) is 13.5. The van der Waals surface area contributed by atoms with Crippen LogP contribution in [-0.4, -0.2) is 24.8 Å². The largest absolute Gasteiger partial charge is 0.455 e. The second kappa shape index (κ2) is 7.65. The van der Waals surface area contributed by atoms with Gasteiger partial charge in [-0.25, -0.2) is 4.39 Å². The van der Waals surface area contributed by atoms with Gasteiger partial charge in [-0.05, 0) is 24.7 Å². The fraction of sp³-hybridized carbons (Fsp3) is 0.222. The van der Waals surface area contributed by atoms with E-state index in [0.717, 1.165) is 0 Å². The zero-order valence-corrected chi connectivity index (χ0v) is 13.0. The molecule has 0 radical (unpaired) electrons. The molecule has 4 nitrogen and oxygen atoms in total. The third-order valence-corrected chi connectivity index (χ3v) is 3.45. The van der Waals surface area contributed by atoms with E-state index in [9.17, 15) is 14.0 Å². The van der Waals surface area contributed by atoms with Crippen molar-refractivity contribution in [3.63, 3.8) is 0 Å². The Bertz CT molecular complexity index is 670. The first kappa shape index (κ1) is 16.8. The van der Waals surface area contributed by atoms with E-state index in [1.54, 1.807) is 31.3 Å². The number of halogens is 1. The fourth-order valence-electron chi connectivity index (χ4n) is 2.36. The molecule has 1 N–H and O–H groups in total. The van der Waals surface area contributed by atoms with Gasteiger partial charge in [-0.2, -0.15) is 0 Å². The minimum Gasteiger partial charge on any atom is -0.455 e. The summed E-state index contributed by atoms with van der Waals surface area (Å²) >= 11 is 0. The molecule has 2 atom stereocenters. The molecule has 5 heteroatoms. The highest BCUT2D eigenvalue weighted by atomic mass is 19.1. The summed E-state index contributed by atoms with van der Waals surface area (Å²) in [4.78, 5) is 24.1. The Morgan fingerprint density at radius 3 is 2.17 bits per heavy atom. The SMILES string of the molecule is CN[C@@H](C(=O)c1ccccc1)[C@H](OC(C)=O)c1ccc(F)cc1. The van der Waals surface area contributed by atoms with Gasteiger partial charge in [0, 0.05) is 12.5 Å². The van der Waals surface area contributed by atoms with Crippen molar-refractivity contribution in [1.29, 1.82) is 0 Å². The van der Waals surface area contributed by atoms with Crippen LogP contribution in [0.4, 0.5) is 4.39 Å². The van der Waals surface area contributed by atoms with Crippen molar-refractivity contribution in [2.24, 2.45) is 0 Å². The molecule has 2 aromatic carbocycles. The Labute approximate surface area is 134 Å². The van der Waals surface area contributed by atoms with Crippen LogP contribution >= 0.6 is 0 Å². The van der Waals surface area contributed by atoms with E-state index >= 15 is 0 Å². The molecule has 0 spiro atoms. The van der Waals surface area contributed by atoms with Crippen molar-refractivity contribution < 1.29 is 18.7 Å². The summed E-state index contributed by atoms with van der Waals surface area (Å²) in [5.74, 6) is -1.12. The minimum absolute atomic E-state index is 0.205. The molecule has 0 bridgehead atoms. The van der Waals surface area contributed by atoms with Gasteiger partial charge in [0.1, 0.15) is 18.0 Å². The van der Waals surface area contributed by atoms with Crippen LogP contribution < -0.4 is 5.32 Å². The van der Waals surface area contributed by atoms with Crippen LogP contribution in [0.2, 0.25) is 0 Å². The smallest absolute Gasteiger partial charge is 0.303 e. The third kappa shape index (κ3) is 4.23. The van der Waals surface area contributed by atoms with Gasteiger partial charge in [0.2, 0.25) is 0 Å². The maximum atomic E-state index is 13.1. The van der Waals surface area contributed by atoms with Gasteiger partial charge in [0.15, 0.2) is 5.78 Å². The van der Waals surface area contributed by atoms with Gasteiger partial charge >= 0.3 is 5.97 Å². The molecule has 2 aromatic rings. The lowest BCUT2D eigenvalue weighted by Crippen LogP contribution is -2.41. The molecule has 0 saturated carbocycles. The molecule has 23 heavy (non-hydrogen) atoms. The Balaban J connectivity index is 2.37. The van der Waals surface area contributed by atoms with E-state index in [1.165, 1.54) is 31.2 Å². The molecule has 0 saturated heterocycles. The summed E-state index contributed by atoms with van der Waals surface area (Å²) < 4.78 is 18.5. The van der Waals surface area contributed by atoms with Crippen LogP contribution in [0.1, 0.15) is 28.9 Å². The quantitative estimate of drug-likeness (QED) is 0.658. The highest BCUT2D eigenvalue weighted by molar-refractivity contribution is 6.00. The van der Waals surface area contributed by atoms with Crippen LogP contribution in [0.15, 0.2) is 54.6 Å². The Kier molecular flexibility index (Phi) is 5.60. The number of hydrogen-bond acceptors (Lipinski definition) is 4. The van der Waals surface area contributed by atoms with Gasteiger partial charge in [-0.15, -0.1) is 0 Å². The minimum atomic E-state index is -0.842. The first-order chi connectivity index (χ1) is 11.0. The number of ether oxygens (including phenoxy) is 1. The lowest BCUT2D eigenvalue weighted by atomic mass is 9.94. The summed E-state index contributed by atoms with van der Waals surface area (Å²) in [7, 11) is 1.62. The Hall–Kier alpha value is -2.53. The number of ketones is 1. The molecular formula is C18H18FNO3. The van der Waals surface area contributed by atoms with Crippen molar-refractivity contribution in [3.05, 3.63) is 71.5 Å². The number of esters is 1. The molecule has 0 unspecified atom stereocenters. The number of carbonyl (C=O) groups is 2. The molecule has 0 aliphatic heterocycles. The van der Waals surface area contributed by atoms with E-state index in [-0.39, 0.29) is 5.78 Å². The number of hydrogen-bond donors (Lipinski definition) is 1. The number of rotatable bonds is 6. The molecular weight excluding hydrogens is 297 g/mol. The summed E-state index contributed by atoms with van der Waals surface area (Å²) in [6.07, 6.45) is -0.842. The normalized spacial score (nSPS) is 13.2. The van der Waals surface area contributed by atoms with Crippen molar-refractivity contribution in [2.45, 2.75) is 19.1 Å².